The van der Waals surface area contributed by atoms with Crippen LogP contribution in [0.2, 0.25) is 30.1 Å². The van der Waals surface area contributed by atoms with Gasteiger partial charge in [-0.15, -0.1) is 11.3 Å². The van der Waals surface area contributed by atoms with Gasteiger partial charge in [-0.2, -0.15) is 10.2 Å². The number of hydrazone groups is 2. The van der Waals surface area contributed by atoms with Crippen molar-refractivity contribution in [2.75, 3.05) is 17.4 Å². The van der Waals surface area contributed by atoms with Crippen LogP contribution in [0.3, 0.4) is 0 Å². The maximum absolute atomic E-state index is 11.9. The first-order valence-corrected chi connectivity index (χ1v) is 37.3. The Labute approximate surface area is 672 Å². The summed E-state index contributed by atoms with van der Waals surface area (Å²) in [6.07, 6.45) is 18.9. The molecule has 0 bridgehead atoms. The number of halogens is 7. The maximum Gasteiger partial charge on any atom is 0.308 e. The summed E-state index contributed by atoms with van der Waals surface area (Å²) in [5.74, 6) is 1.91. The Kier molecular flexibility index (Phi) is 27.7. The Morgan fingerprint density at radius 3 is 1.92 bits per heavy atom. The van der Waals surface area contributed by atoms with E-state index in [2.05, 4.69) is 94.0 Å². The van der Waals surface area contributed by atoms with E-state index in [9.17, 15) is 30.0 Å². The number of anilines is 2. The molecule has 0 unspecified atom stereocenters. The van der Waals surface area contributed by atoms with Gasteiger partial charge in [-0.1, -0.05) is 148 Å². The number of phenols is 4. The maximum atomic E-state index is 11.9. The summed E-state index contributed by atoms with van der Waals surface area (Å²) in [6, 6.07) is 52.6. The molecule has 16 rings (SSSR count). The van der Waals surface area contributed by atoms with Crippen LogP contribution in [-0.4, -0.2) is 96.6 Å². The highest BCUT2D eigenvalue weighted by atomic mass is 79.9. The zero-order valence-electron chi connectivity index (χ0n) is 58.4. The molecule has 1 aliphatic rings. The lowest BCUT2D eigenvalue weighted by Gasteiger charge is -2.20. The van der Waals surface area contributed by atoms with E-state index in [1.165, 1.54) is 66.5 Å². The molecule has 7 aromatic carbocycles. The van der Waals surface area contributed by atoms with Gasteiger partial charge in [0.05, 0.1) is 53.1 Å². The molecule has 0 saturated heterocycles. The number of fused-ring (bicyclic) bond motifs is 7. The first-order valence-electron chi connectivity index (χ1n) is 33.4. The minimum atomic E-state index is -0.448. The number of phenolic OH excluding ortho intramolecular Hbond substituents is 4. The van der Waals surface area contributed by atoms with Crippen molar-refractivity contribution >= 4 is 187 Å². The Bertz CT molecular complexity index is 5780. The second kappa shape index (κ2) is 38.2. The first kappa shape index (κ1) is 79.8. The highest BCUT2D eigenvalue weighted by Gasteiger charge is 2.21. The predicted octanol–water partition coefficient (Wildman–Crippen LogP) is 20.6. The number of aryl methyl sites for hydroxylation is 3. The van der Waals surface area contributed by atoms with Crippen LogP contribution in [0.5, 0.6) is 28.7 Å². The van der Waals surface area contributed by atoms with E-state index in [-0.39, 0.29) is 44.7 Å². The van der Waals surface area contributed by atoms with E-state index in [0.717, 1.165) is 63.0 Å². The molecule has 0 saturated carbocycles. The Hall–Kier alpha value is -11.3. The number of ether oxygens (including phenoxy) is 1. The summed E-state index contributed by atoms with van der Waals surface area (Å²) in [5.41, 5.74) is 12.6. The number of hydrogen-bond acceptors (Lipinski definition) is 21. The summed E-state index contributed by atoms with van der Waals surface area (Å²) in [7, 11) is 1.98. The second-order valence-corrected chi connectivity index (χ2v) is 28.2. The standard InChI is InChI=1S/C18H17ClN4.C17H16N4OS.C17H13N3O2.C11H7Cl2NO2.C9H5BrClNO.C9H5Cl2NO/c1-13-16(19)18(23(2)12-14-8-4-3-5-9-14)22-17(21-13)15-10-6-7-11-20-15;22-13-7-3-1-5-11(13)9-20-21-16-15-12-6-2-4-8-14(12)23-17(15)19-10-18-16;21-16-6-5-12-3-1-2-4-14(12)15(16)11-19-20-17(22)13-7-9-18-10-8-13;1-6(15)16-11-9(13)5-8(12)7-3-2-4-14-10(7)11;10-6-4-7(11)5-2-1-3-12-8(5)9(6)13;10-6-4-7(11)9(13)8-5(6)2-1-3-12-8/h3-11H,12H2,1-2H3;1,3,5,7,9-10,22H,2,4,6,8H2,(H,18,19,21);1-11,21H,(H,20,22);2-5H,1H3;2*1-4,13H/b;20-9+;19-11+;;;. The first-order chi connectivity index (χ1) is 53.2. The zero-order chi connectivity index (χ0) is 77.8. The Morgan fingerprint density at radius 2 is 1.22 bits per heavy atom. The number of para-hydroxylation sites is 1. The molecule has 0 atom stereocenters. The molecule has 0 aliphatic heterocycles. The van der Waals surface area contributed by atoms with Crippen molar-refractivity contribution in [3.05, 3.63) is 292 Å². The van der Waals surface area contributed by atoms with E-state index < -0.39 is 5.97 Å². The topological polar surface area (TPSA) is 292 Å². The van der Waals surface area contributed by atoms with Gasteiger partial charge in [-0.25, -0.2) is 25.4 Å². The number of esters is 1. The van der Waals surface area contributed by atoms with Gasteiger partial charge in [0.15, 0.2) is 34.7 Å². The fraction of sp³-hybridized carbons (Fsp3) is 0.0988. The average molecular weight is 1670 g/mol. The molecule has 29 heteroatoms. The number of nitrogens with one attached hydrogen (secondary N) is 2. The molecule has 15 aromatic rings. The number of hydrogen-bond donors (Lipinski definition) is 6. The largest absolute Gasteiger partial charge is 0.507 e. The molecular formula is C81H63BrCl6N14O7S. The highest BCUT2D eigenvalue weighted by molar-refractivity contribution is 9.10. The van der Waals surface area contributed by atoms with Gasteiger partial charge >= 0.3 is 5.97 Å². The highest BCUT2D eigenvalue weighted by Crippen LogP contribution is 2.41. The lowest BCUT2D eigenvalue weighted by Crippen LogP contribution is -2.19. The van der Waals surface area contributed by atoms with Crippen molar-refractivity contribution in [3.63, 3.8) is 0 Å². The number of rotatable bonds is 11. The summed E-state index contributed by atoms with van der Waals surface area (Å²) in [5, 5.41) is 54.7. The molecule has 1 aliphatic carbocycles. The van der Waals surface area contributed by atoms with Crippen LogP contribution in [0, 0.1) is 6.92 Å². The van der Waals surface area contributed by atoms with E-state index >= 15 is 0 Å². The third-order valence-corrected chi connectivity index (χ3v) is 20.1. The number of carbonyl (C=O) groups is 2. The number of amides is 1. The molecule has 6 N–H and O–H groups in total. The van der Waals surface area contributed by atoms with E-state index in [0.29, 0.717) is 80.2 Å². The Balaban J connectivity index is 0.000000133. The van der Waals surface area contributed by atoms with Crippen LogP contribution in [0.15, 0.2) is 234 Å². The SMILES string of the molecule is CC(=O)Oc1c(Cl)cc(Cl)c2cccnc12.Cc1nc(-c2ccccn2)nc(N(C)Cc2ccccc2)c1Cl.O=C(N/N=C/c1c(O)ccc2ccccc12)c1ccncc1.Oc1c(Br)cc(Cl)c2cccnc12.Oc1c(Cl)cc(Cl)c2cccnc12.Oc1ccccc1/C=N/Nc1ncnc2sc3c(c12)CCCC3. The smallest absolute Gasteiger partial charge is 0.308 e. The third kappa shape index (κ3) is 20.2. The minimum Gasteiger partial charge on any atom is -0.507 e. The number of nitrogens with zero attached hydrogens (tertiary/aromatic N) is 12. The molecule has 0 fully saturated rings. The van der Waals surface area contributed by atoms with Crippen LogP contribution in [0.1, 0.15) is 62.9 Å². The molecule has 8 heterocycles. The van der Waals surface area contributed by atoms with Crippen LogP contribution in [-0.2, 0) is 24.2 Å². The van der Waals surface area contributed by atoms with Gasteiger partial charge in [0.25, 0.3) is 5.91 Å². The van der Waals surface area contributed by atoms with Gasteiger partial charge in [-0.3, -0.25) is 39.9 Å². The Morgan fingerprint density at radius 1 is 0.600 bits per heavy atom. The van der Waals surface area contributed by atoms with Crippen molar-refractivity contribution in [1.82, 2.24) is 50.3 Å². The quantitative estimate of drug-likeness (QED) is 0.0303. The van der Waals surface area contributed by atoms with Crippen LogP contribution >= 0.6 is 96.9 Å². The predicted molar refractivity (Wildman–Crippen MR) is 444 cm³/mol. The monoisotopic (exact) mass is 1660 g/mol. The van der Waals surface area contributed by atoms with E-state index in [1.807, 2.05) is 104 Å². The van der Waals surface area contributed by atoms with Gasteiger partial charge in [0.1, 0.15) is 49.9 Å². The fourth-order valence-electron chi connectivity index (χ4n) is 11.1. The lowest BCUT2D eigenvalue weighted by molar-refractivity contribution is -0.131. The minimum absolute atomic E-state index is 0.0262. The fourth-order valence-corrected chi connectivity index (χ4v) is 14.5. The molecule has 21 nitrogen and oxygen atoms in total. The van der Waals surface area contributed by atoms with E-state index in [1.54, 1.807) is 115 Å². The summed E-state index contributed by atoms with van der Waals surface area (Å²) < 4.78 is 5.58. The molecular weight excluding hydrogens is 1610 g/mol. The summed E-state index contributed by atoms with van der Waals surface area (Å²) >= 11 is 40.9. The van der Waals surface area contributed by atoms with Crippen molar-refractivity contribution in [2.45, 2.75) is 46.1 Å². The normalized spacial score (nSPS) is 11.4. The van der Waals surface area contributed by atoms with Gasteiger partial charge < -0.3 is 30.1 Å². The molecule has 8 aromatic heterocycles. The molecule has 554 valence electrons. The number of pyridine rings is 5. The van der Waals surface area contributed by atoms with Crippen molar-refractivity contribution < 1.29 is 34.8 Å². The van der Waals surface area contributed by atoms with Gasteiger partial charge in [0, 0.05) is 95.4 Å². The molecule has 0 spiro atoms. The molecule has 0 radical (unpaired) electrons. The summed E-state index contributed by atoms with van der Waals surface area (Å²) in [6.45, 7) is 3.91. The summed E-state index contributed by atoms with van der Waals surface area (Å²) in [4.78, 5) is 65.4. The molecule has 1 amide bonds. The van der Waals surface area contributed by atoms with Crippen LogP contribution in [0.4, 0.5) is 11.6 Å². The van der Waals surface area contributed by atoms with Crippen molar-refractivity contribution in [3.8, 4) is 40.3 Å². The number of carbonyl (C=O) groups excluding carboxylic acids is 2. The van der Waals surface area contributed by atoms with Crippen LogP contribution < -0.4 is 20.5 Å². The molecule has 110 heavy (non-hydrogen) atoms. The zero-order valence-corrected chi connectivity index (χ0v) is 65.3. The number of aromatic nitrogens is 9. The van der Waals surface area contributed by atoms with E-state index in [4.69, 9.17) is 74.3 Å². The lowest BCUT2D eigenvalue weighted by atomic mass is 9.97. The average Bonchev–Trinajstić information content (AvgIpc) is 1.56. The van der Waals surface area contributed by atoms with Gasteiger partial charge in [-0.05, 0) is 167 Å². The number of aromatic hydroxyl groups is 4. The third-order valence-electron chi connectivity index (χ3n) is 16.4. The van der Waals surface area contributed by atoms with Gasteiger partial charge in [0.2, 0.25) is 0 Å². The number of thiophene rings is 1. The number of benzene rings is 7. The van der Waals surface area contributed by atoms with Crippen molar-refractivity contribution in [2.24, 2.45) is 10.2 Å². The van der Waals surface area contributed by atoms with Crippen molar-refractivity contribution in [1.29, 1.82) is 0 Å². The van der Waals surface area contributed by atoms with Crippen LogP contribution in [0.25, 0.3) is 65.2 Å². The second-order valence-electron chi connectivity index (χ2n) is 23.9.